The Morgan fingerprint density at radius 1 is 0.635 bits per heavy atom. The molecule has 0 aromatic carbocycles. The summed E-state index contributed by atoms with van der Waals surface area (Å²) in [7, 11) is 0. The van der Waals surface area contributed by atoms with Gasteiger partial charge in [0.2, 0.25) is 0 Å². The van der Waals surface area contributed by atoms with E-state index in [2.05, 4.69) is 19.9 Å². The smallest absolute Gasteiger partial charge is 0.187 e. The van der Waals surface area contributed by atoms with E-state index in [1.54, 1.807) is 0 Å². The number of aliphatic hydroxyl groups excluding tert-OH is 12. The molecular formula is C51H84O23. The zero-order chi connectivity index (χ0) is 53.7. The lowest BCUT2D eigenvalue weighted by Crippen LogP contribution is -2.66. The summed E-state index contributed by atoms with van der Waals surface area (Å²) in [5, 5.41) is 152. The molecule has 5 heterocycles. The fourth-order valence-corrected chi connectivity index (χ4v) is 14.9. The molecule has 0 radical (unpaired) electrons. The van der Waals surface area contributed by atoms with Gasteiger partial charge in [-0.15, -0.1) is 0 Å². The fraction of sp³-hybridized carbons (Fsp3) is 0.961. The maximum Gasteiger partial charge on any atom is 0.187 e. The number of allylic oxidation sites excluding steroid dienone is 1. The molecule has 23 nitrogen and oxygen atoms in total. The quantitative estimate of drug-likeness (QED) is 0.0778. The zero-order valence-corrected chi connectivity index (χ0v) is 43.1. The molecule has 14 N–H and O–H groups in total. The van der Waals surface area contributed by atoms with Crippen LogP contribution in [-0.4, -0.2) is 238 Å². The molecule has 1 unspecified atom stereocenters. The Hall–Kier alpha value is -1.18. The average molecular weight is 1070 g/mol. The van der Waals surface area contributed by atoms with Crippen LogP contribution in [0.2, 0.25) is 0 Å². The Balaban J connectivity index is 0.858. The maximum absolute atomic E-state index is 12.9. The highest BCUT2D eigenvalue weighted by atomic mass is 16.8. The summed E-state index contributed by atoms with van der Waals surface area (Å²) in [6.45, 7) is 9.93. The van der Waals surface area contributed by atoms with Gasteiger partial charge in [0.1, 0.15) is 91.1 Å². The van der Waals surface area contributed by atoms with Gasteiger partial charge < -0.3 is 114 Å². The van der Waals surface area contributed by atoms with Crippen LogP contribution in [-0.2, 0) is 42.6 Å². The van der Waals surface area contributed by atoms with Gasteiger partial charge in [0.15, 0.2) is 30.9 Å². The predicted octanol–water partition coefficient (Wildman–Crippen LogP) is -2.86. The molecule has 5 saturated heterocycles. The Labute approximate surface area is 430 Å². The van der Waals surface area contributed by atoms with Crippen molar-refractivity contribution < 1.29 is 114 Å². The molecule has 0 spiro atoms. The monoisotopic (exact) mass is 1060 g/mol. The summed E-state index contributed by atoms with van der Waals surface area (Å²) in [5.74, 6) is -1.85. The Kier molecular flexibility index (Phi) is 16.9. The van der Waals surface area contributed by atoms with Gasteiger partial charge >= 0.3 is 0 Å². The van der Waals surface area contributed by atoms with Gasteiger partial charge in [-0.05, 0) is 94.3 Å². The molecule has 74 heavy (non-hydrogen) atoms. The Bertz CT molecular complexity index is 1950. The minimum Gasteiger partial charge on any atom is -0.394 e. The van der Waals surface area contributed by atoms with Crippen LogP contribution < -0.4 is 0 Å². The first-order valence-electron chi connectivity index (χ1n) is 26.9. The van der Waals surface area contributed by atoms with Crippen LogP contribution in [0, 0.1) is 40.4 Å². The lowest BCUT2D eigenvalue weighted by molar-refractivity contribution is -0.388. The summed E-state index contributed by atoms with van der Waals surface area (Å²) in [6, 6.07) is 0. The van der Waals surface area contributed by atoms with Gasteiger partial charge in [-0.1, -0.05) is 39.3 Å². The van der Waals surface area contributed by atoms with Crippen LogP contribution in [0.25, 0.3) is 0 Å². The van der Waals surface area contributed by atoms with Crippen LogP contribution in [0.3, 0.4) is 0 Å². The van der Waals surface area contributed by atoms with Gasteiger partial charge in [0.05, 0.1) is 44.2 Å². The lowest BCUT2D eigenvalue weighted by Gasteiger charge is -2.59. The summed E-state index contributed by atoms with van der Waals surface area (Å²) in [5.41, 5.74) is -0.916. The molecule has 0 aromatic rings. The highest BCUT2D eigenvalue weighted by Gasteiger charge is 2.75. The number of hydrogen-bond acceptors (Lipinski definition) is 23. The van der Waals surface area contributed by atoms with Crippen molar-refractivity contribution in [2.24, 2.45) is 40.4 Å². The summed E-state index contributed by atoms with van der Waals surface area (Å²) >= 11 is 0. The fourth-order valence-electron chi connectivity index (χ4n) is 14.9. The van der Waals surface area contributed by atoms with E-state index >= 15 is 0 Å². The first-order valence-corrected chi connectivity index (χ1v) is 26.9. The second kappa shape index (κ2) is 21.7. The predicted molar refractivity (Wildman–Crippen MR) is 250 cm³/mol. The van der Waals surface area contributed by atoms with E-state index in [-0.39, 0.29) is 42.1 Å². The molecule has 5 aliphatic heterocycles. The average Bonchev–Trinajstić information content (AvgIpc) is 3.75. The zero-order valence-electron chi connectivity index (χ0n) is 43.1. The maximum atomic E-state index is 12.9. The van der Waals surface area contributed by atoms with E-state index in [1.807, 2.05) is 13.8 Å². The normalized spacial score (nSPS) is 55.9. The van der Waals surface area contributed by atoms with Crippen LogP contribution in [0.4, 0.5) is 0 Å². The van der Waals surface area contributed by atoms with Crippen molar-refractivity contribution >= 4 is 0 Å². The van der Waals surface area contributed by atoms with E-state index in [0.29, 0.717) is 32.1 Å². The van der Waals surface area contributed by atoms with E-state index < -0.39 is 171 Å². The minimum atomic E-state index is -1.77. The Morgan fingerprint density at radius 3 is 1.84 bits per heavy atom. The van der Waals surface area contributed by atoms with E-state index in [0.717, 1.165) is 19.3 Å². The molecule has 8 fully saturated rings. The van der Waals surface area contributed by atoms with Crippen molar-refractivity contribution in [3.05, 3.63) is 11.6 Å². The molecule has 23 heteroatoms. The number of rotatable bonds is 14. The molecule has 0 amide bonds. The number of aliphatic hydroxyl groups is 14. The third-order valence-corrected chi connectivity index (χ3v) is 19.7. The number of ether oxygens (including phenoxy) is 9. The molecule has 3 saturated carbocycles. The van der Waals surface area contributed by atoms with Crippen LogP contribution in [0.5, 0.6) is 0 Å². The summed E-state index contributed by atoms with van der Waals surface area (Å²) < 4.78 is 54.3. The highest BCUT2D eigenvalue weighted by molar-refractivity contribution is 5.29. The summed E-state index contributed by atoms with van der Waals surface area (Å²) in [6.07, 6.45) is -22.8. The first-order chi connectivity index (χ1) is 34.8. The molecular weight excluding hydrogens is 981 g/mol. The van der Waals surface area contributed by atoms with Gasteiger partial charge in [-0.2, -0.15) is 0 Å². The largest absolute Gasteiger partial charge is 0.394 e. The third kappa shape index (κ3) is 9.68. The van der Waals surface area contributed by atoms with E-state index in [4.69, 9.17) is 42.6 Å². The molecule has 31 atom stereocenters. The number of hydrogen-bond donors (Lipinski definition) is 14. The van der Waals surface area contributed by atoms with Crippen molar-refractivity contribution in [1.29, 1.82) is 0 Å². The molecule has 0 bridgehead atoms. The molecule has 9 rings (SSSR count). The van der Waals surface area contributed by atoms with Crippen molar-refractivity contribution in [3.63, 3.8) is 0 Å². The lowest BCUT2D eigenvalue weighted by atomic mass is 9.46. The Morgan fingerprint density at radius 2 is 1.22 bits per heavy atom. The van der Waals surface area contributed by atoms with Crippen LogP contribution in [0.1, 0.15) is 99.3 Å². The molecule has 4 aliphatic carbocycles. The van der Waals surface area contributed by atoms with Gasteiger partial charge in [-0.25, -0.2) is 0 Å². The van der Waals surface area contributed by atoms with Gasteiger partial charge in [0, 0.05) is 17.8 Å². The molecule has 0 aromatic heterocycles. The standard InChI is InChI=1S/C51H84O23/c1-20(19-66-44-38(60)37(59)34(56)29(17-52)70-44)9-14-50(64)23(4)51(65)31(74-50)16-28-26-8-7-24-15-25(10-12-48(24,5)27(26)11-13-49(28,51)6)69-47-43(73-46-40(62)36(58)33(55)22(3)68-46)41(63)42(30(18-53)71-47)72-45-39(61)35(57)32(54)21(2)67-45/h7,20-23,25-47,52-65H,8-19H2,1-6H3/t20-,21+,22+,23-,25+,26-,27+,28+,29-,30-,31+,32+,33+,34-,35-,36-,37+,38-,39-,40-,41+,42-,43-,44-,45+,46+,47-,48+,49+,50?,51-/m1/s1. The SMILES string of the molecule is C[C@H](CCC1(O)O[C@H]2C[C@H]3[C@@H]4CC=C5C[C@@H](O[C@@H]6O[C@H](CO)[C@@H](O[C@@H]7O[C@@H](C)[C@H](O)[C@@H](O)[C@H]7O)[C@H](O)[C@H]6O[C@@H]6O[C@@H](C)[C@H](O)[C@@H](O)[C@H]6O)CC[C@]5(C)[C@H]4CC[C@]3(C)[C@@]2(O)[C@@H]1C)CO[C@@H]1O[C@H](CO)[C@@H](O)[C@H](O)[C@H]1O. The van der Waals surface area contributed by atoms with Crippen LogP contribution in [0.15, 0.2) is 11.6 Å². The van der Waals surface area contributed by atoms with Crippen molar-refractivity contribution in [1.82, 2.24) is 0 Å². The van der Waals surface area contributed by atoms with Crippen molar-refractivity contribution in [2.45, 2.75) is 246 Å². The third-order valence-electron chi connectivity index (χ3n) is 19.7. The minimum absolute atomic E-state index is 0.0822. The topological polar surface area (TPSA) is 366 Å². The highest BCUT2D eigenvalue weighted by Crippen LogP contribution is 2.71. The second-order valence-electron chi connectivity index (χ2n) is 23.9. The molecule has 9 aliphatic rings. The van der Waals surface area contributed by atoms with E-state index in [9.17, 15) is 71.5 Å². The van der Waals surface area contributed by atoms with E-state index in [1.165, 1.54) is 19.4 Å². The molecule has 426 valence electrons. The summed E-state index contributed by atoms with van der Waals surface area (Å²) in [4.78, 5) is 0. The number of fused-ring (bicyclic) bond motifs is 7. The van der Waals surface area contributed by atoms with Crippen LogP contribution >= 0.6 is 0 Å². The van der Waals surface area contributed by atoms with Crippen molar-refractivity contribution in [2.75, 3.05) is 19.8 Å². The second-order valence-corrected chi connectivity index (χ2v) is 23.9. The van der Waals surface area contributed by atoms with Gasteiger partial charge in [0.25, 0.3) is 0 Å². The first kappa shape index (κ1) is 57.5. The van der Waals surface area contributed by atoms with Crippen molar-refractivity contribution in [3.8, 4) is 0 Å². The van der Waals surface area contributed by atoms with Gasteiger partial charge in [-0.3, -0.25) is 0 Å².